The van der Waals surface area contributed by atoms with Crippen LogP contribution in [0.1, 0.15) is 32.9 Å². The smallest absolute Gasteiger partial charge is 0.259 e. The van der Waals surface area contributed by atoms with E-state index in [2.05, 4.69) is 9.55 Å². The number of rotatable bonds is 10. The summed E-state index contributed by atoms with van der Waals surface area (Å²) in [5.74, 6) is 2.78. The number of aromatic nitrogens is 3. The van der Waals surface area contributed by atoms with E-state index in [1.807, 2.05) is 72.8 Å². The van der Waals surface area contributed by atoms with E-state index >= 15 is 0 Å². The molecule has 0 bridgehead atoms. The summed E-state index contributed by atoms with van der Waals surface area (Å²) in [7, 11) is 0. The van der Waals surface area contributed by atoms with Crippen LogP contribution in [-0.2, 0) is 19.4 Å². The third-order valence-corrected chi connectivity index (χ3v) is 7.28. The highest BCUT2D eigenvalue weighted by atomic mass is 16.7. The van der Waals surface area contributed by atoms with Crippen molar-refractivity contribution in [2.75, 3.05) is 24.8 Å². The molecule has 0 saturated carbocycles. The van der Waals surface area contributed by atoms with Gasteiger partial charge in [0.05, 0.1) is 11.0 Å². The predicted octanol–water partition coefficient (Wildman–Crippen LogP) is 3.88. The molecule has 5 N–H and O–H groups in total. The van der Waals surface area contributed by atoms with Crippen LogP contribution in [0, 0.1) is 5.41 Å². The quantitative estimate of drug-likeness (QED) is 0.173. The Morgan fingerprint density at radius 3 is 2.48 bits per heavy atom. The molecular formula is C32H31N7O3. The summed E-state index contributed by atoms with van der Waals surface area (Å²) in [6.45, 7) is 1.45. The monoisotopic (exact) mass is 561 g/mol. The molecule has 42 heavy (non-hydrogen) atoms. The number of amidine groups is 1. The van der Waals surface area contributed by atoms with Gasteiger partial charge in [0.2, 0.25) is 6.79 Å². The van der Waals surface area contributed by atoms with Gasteiger partial charge in [0.1, 0.15) is 17.5 Å². The van der Waals surface area contributed by atoms with Crippen molar-refractivity contribution in [2.24, 2.45) is 11.5 Å². The minimum atomic E-state index is -0.182. The summed E-state index contributed by atoms with van der Waals surface area (Å²) in [4.78, 5) is 24.6. The van der Waals surface area contributed by atoms with E-state index in [1.165, 1.54) is 0 Å². The number of carbonyl (C=O) groups excluding carboxylic acids is 1. The SMILES string of the molecule is N=C(N)c1ccc(CCc2nc3cc(C(=O)N(CCN)c4ccccn4)ccc3n2Cc2ccc3c(c2)OCO3)cc1. The van der Waals surface area contributed by atoms with E-state index < -0.39 is 0 Å². The molecule has 0 fully saturated rings. The van der Waals surface area contributed by atoms with Crippen molar-refractivity contribution in [3.05, 3.63) is 113 Å². The first-order valence-corrected chi connectivity index (χ1v) is 13.7. The Morgan fingerprint density at radius 1 is 0.929 bits per heavy atom. The molecule has 1 aliphatic rings. The van der Waals surface area contributed by atoms with Gasteiger partial charge in [-0.25, -0.2) is 9.97 Å². The minimum absolute atomic E-state index is 0.0468. The molecule has 6 rings (SSSR count). The van der Waals surface area contributed by atoms with Crippen molar-refractivity contribution >= 4 is 28.6 Å². The Balaban J connectivity index is 1.34. The Labute approximate surface area is 243 Å². The van der Waals surface area contributed by atoms with E-state index in [0.717, 1.165) is 45.9 Å². The maximum Gasteiger partial charge on any atom is 0.259 e. The Hall–Kier alpha value is -5.22. The summed E-state index contributed by atoms with van der Waals surface area (Å²) in [6.07, 6.45) is 3.08. The average Bonchev–Trinajstić information content (AvgIpc) is 3.63. The Kier molecular flexibility index (Phi) is 7.52. The minimum Gasteiger partial charge on any atom is -0.454 e. The normalized spacial score (nSPS) is 12.0. The fraction of sp³-hybridized carbons (Fsp3) is 0.188. The van der Waals surface area contributed by atoms with Crippen molar-refractivity contribution in [3.63, 3.8) is 0 Å². The largest absolute Gasteiger partial charge is 0.454 e. The summed E-state index contributed by atoms with van der Waals surface area (Å²) in [5, 5.41) is 7.64. The molecule has 10 heteroatoms. The number of pyridine rings is 1. The molecule has 0 aliphatic carbocycles. The number of nitrogens with two attached hydrogens (primary N) is 2. The number of benzene rings is 3. The molecule has 5 aromatic rings. The lowest BCUT2D eigenvalue weighted by atomic mass is 10.1. The zero-order valence-corrected chi connectivity index (χ0v) is 23.0. The number of hydrogen-bond donors (Lipinski definition) is 3. The van der Waals surface area contributed by atoms with Crippen LogP contribution in [-0.4, -0.2) is 46.2 Å². The van der Waals surface area contributed by atoms with Crippen molar-refractivity contribution < 1.29 is 14.3 Å². The molecule has 0 radical (unpaired) electrons. The second kappa shape index (κ2) is 11.7. The molecule has 3 aromatic carbocycles. The number of nitrogen functional groups attached to an aromatic ring is 1. The number of imidazole rings is 1. The van der Waals surface area contributed by atoms with Crippen LogP contribution >= 0.6 is 0 Å². The van der Waals surface area contributed by atoms with Crippen LogP contribution in [0.4, 0.5) is 5.82 Å². The van der Waals surface area contributed by atoms with Crippen molar-refractivity contribution in [1.82, 2.24) is 14.5 Å². The van der Waals surface area contributed by atoms with Crippen LogP contribution in [0.2, 0.25) is 0 Å². The van der Waals surface area contributed by atoms with Gasteiger partial charge in [-0.1, -0.05) is 36.4 Å². The fourth-order valence-corrected chi connectivity index (χ4v) is 5.13. The number of fused-ring (bicyclic) bond motifs is 2. The zero-order valence-electron chi connectivity index (χ0n) is 23.0. The van der Waals surface area contributed by atoms with Crippen molar-refractivity contribution in [2.45, 2.75) is 19.4 Å². The number of amides is 1. The standard InChI is InChI=1S/C32H31N7O3/c33-14-16-38(29-3-1-2-15-36-29)32(40)24-10-11-26-25(18-24)37-30(13-7-21-4-8-23(9-5-21)31(34)35)39(26)19-22-6-12-27-28(17-22)42-20-41-27/h1-6,8-12,15,17-18H,7,13-14,16,19-20,33H2,(H3,34,35). The highest BCUT2D eigenvalue weighted by molar-refractivity contribution is 6.07. The van der Waals surface area contributed by atoms with Gasteiger partial charge >= 0.3 is 0 Å². The molecular weight excluding hydrogens is 530 g/mol. The highest BCUT2D eigenvalue weighted by Gasteiger charge is 2.21. The van der Waals surface area contributed by atoms with E-state index in [9.17, 15) is 4.79 Å². The molecule has 10 nitrogen and oxygen atoms in total. The molecule has 3 heterocycles. The first kappa shape index (κ1) is 27.0. The number of carbonyl (C=O) groups is 1. The molecule has 1 aliphatic heterocycles. The third kappa shape index (κ3) is 5.52. The molecule has 0 saturated heterocycles. The molecule has 2 aromatic heterocycles. The van der Waals surface area contributed by atoms with E-state index in [0.29, 0.717) is 43.0 Å². The first-order valence-electron chi connectivity index (χ1n) is 13.7. The predicted molar refractivity (Wildman–Crippen MR) is 161 cm³/mol. The average molecular weight is 562 g/mol. The summed E-state index contributed by atoms with van der Waals surface area (Å²) in [6, 6.07) is 24.7. The number of nitrogens with one attached hydrogen (secondary N) is 1. The number of nitrogens with zero attached hydrogens (tertiary/aromatic N) is 4. The molecule has 0 atom stereocenters. The summed E-state index contributed by atoms with van der Waals surface area (Å²) in [5.41, 5.74) is 16.5. The molecule has 1 amide bonds. The van der Waals surface area contributed by atoms with E-state index in [4.69, 9.17) is 31.3 Å². The Morgan fingerprint density at radius 2 is 1.71 bits per heavy atom. The van der Waals surface area contributed by atoms with Gasteiger partial charge in [0.15, 0.2) is 11.5 Å². The maximum atomic E-state index is 13.6. The second-order valence-corrected chi connectivity index (χ2v) is 10.0. The van der Waals surface area contributed by atoms with Gasteiger partial charge in [-0.05, 0) is 60.0 Å². The van der Waals surface area contributed by atoms with Gasteiger partial charge in [-0.15, -0.1) is 0 Å². The molecule has 0 spiro atoms. The number of anilines is 1. The zero-order chi connectivity index (χ0) is 29.1. The lowest BCUT2D eigenvalue weighted by molar-refractivity contribution is 0.0987. The second-order valence-electron chi connectivity index (χ2n) is 10.0. The van der Waals surface area contributed by atoms with Crippen LogP contribution < -0.4 is 25.8 Å². The Bertz CT molecular complexity index is 1750. The lowest BCUT2D eigenvalue weighted by Gasteiger charge is -2.21. The van der Waals surface area contributed by atoms with Gasteiger partial charge in [-0.2, -0.15) is 0 Å². The lowest BCUT2D eigenvalue weighted by Crippen LogP contribution is -2.36. The highest BCUT2D eigenvalue weighted by Crippen LogP contribution is 2.33. The third-order valence-electron chi connectivity index (χ3n) is 7.28. The number of ether oxygens (including phenoxy) is 2. The van der Waals surface area contributed by atoms with Crippen LogP contribution in [0.25, 0.3) is 11.0 Å². The van der Waals surface area contributed by atoms with Gasteiger partial charge in [0.25, 0.3) is 5.91 Å². The maximum absolute atomic E-state index is 13.6. The van der Waals surface area contributed by atoms with Gasteiger partial charge in [-0.3, -0.25) is 15.1 Å². The van der Waals surface area contributed by atoms with E-state index in [1.54, 1.807) is 17.2 Å². The van der Waals surface area contributed by atoms with Crippen LogP contribution in [0.15, 0.2) is 85.1 Å². The first-order chi connectivity index (χ1) is 20.5. The van der Waals surface area contributed by atoms with Crippen molar-refractivity contribution in [1.29, 1.82) is 5.41 Å². The summed E-state index contributed by atoms with van der Waals surface area (Å²) >= 11 is 0. The molecule has 212 valence electrons. The van der Waals surface area contributed by atoms with Crippen LogP contribution in [0.3, 0.4) is 0 Å². The number of aryl methyl sites for hydroxylation is 2. The van der Waals surface area contributed by atoms with Crippen LogP contribution in [0.5, 0.6) is 11.5 Å². The summed E-state index contributed by atoms with van der Waals surface area (Å²) < 4.78 is 13.3. The van der Waals surface area contributed by atoms with Gasteiger partial charge in [0, 0.05) is 43.4 Å². The number of hydrogen-bond acceptors (Lipinski definition) is 7. The van der Waals surface area contributed by atoms with Crippen molar-refractivity contribution in [3.8, 4) is 11.5 Å². The fourth-order valence-electron chi connectivity index (χ4n) is 5.13. The topological polar surface area (TPSA) is 145 Å². The van der Waals surface area contributed by atoms with E-state index in [-0.39, 0.29) is 18.5 Å². The van der Waals surface area contributed by atoms with Gasteiger partial charge < -0.3 is 25.5 Å². The molecule has 0 unspecified atom stereocenters.